The van der Waals surface area contributed by atoms with Crippen molar-refractivity contribution in [2.24, 2.45) is 5.92 Å². The number of hydrogen-bond donors (Lipinski definition) is 1. The van der Waals surface area contributed by atoms with Crippen LogP contribution < -0.4 is 5.32 Å². The van der Waals surface area contributed by atoms with Gasteiger partial charge in [-0.25, -0.2) is 0 Å². The van der Waals surface area contributed by atoms with Crippen LogP contribution >= 0.6 is 0 Å². The van der Waals surface area contributed by atoms with Gasteiger partial charge in [0.05, 0.1) is 11.5 Å². The fourth-order valence-electron chi connectivity index (χ4n) is 3.51. The number of nitrogens with one attached hydrogen (secondary N) is 1. The van der Waals surface area contributed by atoms with Crippen LogP contribution in [0.5, 0.6) is 0 Å². The Morgan fingerprint density at radius 2 is 2.00 bits per heavy atom. The first-order valence-corrected chi connectivity index (χ1v) is 9.22. The minimum absolute atomic E-state index is 0.0403. The van der Waals surface area contributed by atoms with Gasteiger partial charge in [-0.05, 0) is 44.7 Å². The van der Waals surface area contributed by atoms with Crippen molar-refractivity contribution in [2.75, 3.05) is 19.6 Å². The van der Waals surface area contributed by atoms with E-state index in [2.05, 4.69) is 17.4 Å². The van der Waals surface area contributed by atoms with Crippen molar-refractivity contribution >= 4 is 11.8 Å². The topological polar surface area (TPSA) is 62.6 Å². The van der Waals surface area contributed by atoms with Crippen LogP contribution in [0.2, 0.25) is 0 Å². The molecule has 0 saturated carbocycles. The van der Waals surface area contributed by atoms with Crippen molar-refractivity contribution in [3.8, 4) is 0 Å². The van der Waals surface area contributed by atoms with E-state index in [-0.39, 0.29) is 17.7 Å². The van der Waals surface area contributed by atoms with Crippen molar-refractivity contribution in [1.82, 2.24) is 10.2 Å². The Labute approximate surface area is 154 Å². The van der Waals surface area contributed by atoms with Crippen LogP contribution in [0.15, 0.2) is 40.8 Å². The monoisotopic (exact) mass is 354 g/mol. The maximum absolute atomic E-state index is 12.7. The van der Waals surface area contributed by atoms with Crippen molar-refractivity contribution < 1.29 is 14.0 Å². The van der Waals surface area contributed by atoms with E-state index in [0.29, 0.717) is 31.0 Å². The second kappa shape index (κ2) is 8.21. The molecule has 1 aliphatic rings. The van der Waals surface area contributed by atoms with Crippen LogP contribution in [0.25, 0.3) is 0 Å². The zero-order chi connectivity index (χ0) is 18.5. The van der Waals surface area contributed by atoms with E-state index in [4.69, 9.17) is 4.42 Å². The van der Waals surface area contributed by atoms with Gasteiger partial charge in [-0.15, -0.1) is 0 Å². The maximum atomic E-state index is 12.7. The molecule has 1 aliphatic heterocycles. The molecule has 5 nitrogen and oxygen atoms in total. The fraction of sp³-hybridized carbons (Fsp3) is 0.429. The average Bonchev–Trinajstić information content (AvgIpc) is 3.00. The minimum Gasteiger partial charge on any atom is -0.466 e. The smallest absolute Gasteiger partial charge is 0.257 e. The molecule has 1 saturated heterocycles. The predicted octanol–water partition coefficient (Wildman–Crippen LogP) is 3.11. The molecule has 0 bridgehead atoms. The van der Waals surface area contributed by atoms with Gasteiger partial charge >= 0.3 is 0 Å². The first-order valence-electron chi connectivity index (χ1n) is 9.22. The molecule has 0 spiro atoms. The molecular formula is C21H26N2O3. The van der Waals surface area contributed by atoms with Gasteiger partial charge < -0.3 is 14.6 Å². The van der Waals surface area contributed by atoms with Gasteiger partial charge in [0, 0.05) is 19.6 Å². The maximum Gasteiger partial charge on any atom is 0.257 e. The third-order valence-electron chi connectivity index (χ3n) is 4.91. The number of rotatable bonds is 5. The Kier molecular flexibility index (Phi) is 5.76. The van der Waals surface area contributed by atoms with Crippen molar-refractivity contribution in [1.29, 1.82) is 0 Å². The van der Waals surface area contributed by atoms with Crippen molar-refractivity contribution in [3.63, 3.8) is 0 Å². The lowest BCUT2D eigenvalue weighted by molar-refractivity contribution is -0.126. The molecule has 1 N–H and O–H groups in total. The second-order valence-corrected chi connectivity index (χ2v) is 6.94. The van der Waals surface area contributed by atoms with E-state index in [1.165, 1.54) is 5.56 Å². The molecule has 0 radical (unpaired) electrons. The van der Waals surface area contributed by atoms with Gasteiger partial charge in [0.15, 0.2) is 0 Å². The second-order valence-electron chi connectivity index (χ2n) is 6.94. The number of benzene rings is 1. The third kappa shape index (κ3) is 4.34. The lowest BCUT2D eigenvalue weighted by atomic mass is 9.96. The summed E-state index contributed by atoms with van der Waals surface area (Å²) in [6.45, 7) is 5.42. The Morgan fingerprint density at radius 3 is 2.69 bits per heavy atom. The lowest BCUT2D eigenvalue weighted by Gasteiger charge is -2.32. The van der Waals surface area contributed by atoms with Crippen molar-refractivity contribution in [3.05, 3.63) is 59.0 Å². The number of furan rings is 1. The molecule has 138 valence electrons. The summed E-state index contributed by atoms with van der Waals surface area (Å²) in [5.74, 6) is 1.23. The molecule has 0 aliphatic carbocycles. The largest absolute Gasteiger partial charge is 0.466 e. The number of nitrogens with zero attached hydrogens (tertiary/aromatic N) is 1. The third-order valence-corrected chi connectivity index (χ3v) is 4.91. The van der Waals surface area contributed by atoms with E-state index in [1.54, 1.807) is 17.9 Å². The van der Waals surface area contributed by atoms with Gasteiger partial charge in [0.1, 0.15) is 11.5 Å². The summed E-state index contributed by atoms with van der Waals surface area (Å²) in [7, 11) is 0. The van der Waals surface area contributed by atoms with Gasteiger partial charge in [0.2, 0.25) is 5.91 Å². The summed E-state index contributed by atoms with van der Waals surface area (Å²) < 4.78 is 5.47. The van der Waals surface area contributed by atoms with Crippen molar-refractivity contribution in [2.45, 2.75) is 33.1 Å². The van der Waals surface area contributed by atoms with Crippen LogP contribution in [0.1, 0.15) is 40.3 Å². The summed E-state index contributed by atoms with van der Waals surface area (Å²) in [4.78, 5) is 27.0. The van der Waals surface area contributed by atoms with Gasteiger partial charge in [-0.3, -0.25) is 9.59 Å². The number of aryl methyl sites for hydroxylation is 2. The standard InChI is InChI=1S/C21H26N2O3/c1-15-13-19(16(2)26-15)21(25)23-12-6-9-18(14-23)20(24)22-11-10-17-7-4-3-5-8-17/h3-5,7-8,13,18H,6,9-12,14H2,1-2H3,(H,22,24). The molecule has 2 amide bonds. The van der Waals surface area contributed by atoms with E-state index >= 15 is 0 Å². The Morgan fingerprint density at radius 1 is 1.23 bits per heavy atom. The SMILES string of the molecule is Cc1cc(C(=O)N2CCCC(C(=O)NCCc3ccccc3)C2)c(C)o1. The molecule has 1 fully saturated rings. The summed E-state index contributed by atoms with van der Waals surface area (Å²) >= 11 is 0. The highest BCUT2D eigenvalue weighted by molar-refractivity contribution is 5.95. The minimum atomic E-state index is -0.142. The molecular weight excluding hydrogens is 328 g/mol. The Bertz CT molecular complexity index is 767. The van der Waals surface area contributed by atoms with E-state index in [0.717, 1.165) is 25.0 Å². The molecule has 2 aromatic rings. The Balaban J connectivity index is 1.53. The normalized spacial score (nSPS) is 17.2. The number of carbonyl (C=O) groups is 2. The summed E-state index contributed by atoms with van der Waals surface area (Å²) in [5.41, 5.74) is 1.81. The van der Waals surface area contributed by atoms with Crippen LogP contribution in [0.3, 0.4) is 0 Å². The number of amides is 2. The van der Waals surface area contributed by atoms with Crippen LogP contribution in [0, 0.1) is 19.8 Å². The molecule has 3 rings (SSSR count). The zero-order valence-corrected chi connectivity index (χ0v) is 15.5. The van der Waals surface area contributed by atoms with E-state index in [9.17, 15) is 9.59 Å². The average molecular weight is 354 g/mol. The first kappa shape index (κ1) is 18.2. The lowest BCUT2D eigenvalue weighted by Crippen LogP contribution is -2.45. The number of carbonyl (C=O) groups excluding carboxylic acids is 2. The summed E-state index contributed by atoms with van der Waals surface area (Å²) in [5, 5.41) is 3.02. The Hall–Kier alpha value is -2.56. The van der Waals surface area contributed by atoms with Gasteiger partial charge in [-0.1, -0.05) is 30.3 Å². The zero-order valence-electron chi connectivity index (χ0n) is 15.5. The number of likely N-dealkylation sites (tertiary alicyclic amines) is 1. The molecule has 1 unspecified atom stereocenters. The van der Waals surface area contributed by atoms with E-state index in [1.807, 2.05) is 25.1 Å². The highest BCUT2D eigenvalue weighted by Gasteiger charge is 2.30. The highest BCUT2D eigenvalue weighted by Crippen LogP contribution is 2.22. The van der Waals surface area contributed by atoms with Gasteiger partial charge in [0.25, 0.3) is 5.91 Å². The molecule has 1 atom stereocenters. The van der Waals surface area contributed by atoms with Crippen LogP contribution in [0.4, 0.5) is 0 Å². The molecule has 2 heterocycles. The summed E-state index contributed by atoms with van der Waals surface area (Å²) in [6, 6.07) is 11.9. The quantitative estimate of drug-likeness (QED) is 0.897. The number of hydrogen-bond acceptors (Lipinski definition) is 3. The first-order chi connectivity index (χ1) is 12.5. The molecule has 1 aromatic heterocycles. The van der Waals surface area contributed by atoms with Crippen LogP contribution in [-0.4, -0.2) is 36.3 Å². The van der Waals surface area contributed by atoms with Crippen LogP contribution in [-0.2, 0) is 11.2 Å². The highest BCUT2D eigenvalue weighted by atomic mass is 16.3. The van der Waals surface area contributed by atoms with E-state index < -0.39 is 0 Å². The summed E-state index contributed by atoms with van der Waals surface area (Å²) in [6.07, 6.45) is 2.48. The molecule has 5 heteroatoms. The molecule has 1 aromatic carbocycles. The fourth-order valence-corrected chi connectivity index (χ4v) is 3.51. The predicted molar refractivity (Wildman–Crippen MR) is 100.0 cm³/mol. The molecule has 26 heavy (non-hydrogen) atoms. The number of piperidine rings is 1. The van der Waals surface area contributed by atoms with Gasteiger partial charge in [-0.2, -0.15) is 0 Å².